The summed E-state index contributed by atoms with van der Waals surface area (Å²) in [6.07, 6.45) is 2.77. The Morgan fingerprint density at radius 2 is 2.23 bits per heavy atom. The van der Waals surface area contributed by atoms with Crippen molar-refractivity contribution in [3.05, 3.63) is 11.6 Å². The number of rotatable bonds is 1. The first-order valence-corrected chi connectivity index (χ1v) is 4.33. The molecule has 1 heterocycles. The maximum absolute atomic E-state index is 11.5. The molecule has 0 aliphatic carbocycles. The van der Waals surface area contributed by atoms with Crippen molar-refractivity contribution < 1.29 is 4.79 Å². The summed E-state index contributed by atoms with van der Waals surface area (Å²) in [4.78, 5) is 13.3. The molecule has 1 aliphatic rings. The molecule has 1 unspecified atom stereocenters. The van der Waals surface area contributed by atoms with Crippen LogP contribution in [0.4, 0.5) is 0 Å². The summed E-state index contributed by atoms with van der Waals surface area (Å²) >= 11 is 0. The highest BCUT2D eigenvalue weighted by atomic mass is 35.5. The summed E-state index contributed by atoms with van der Waals surface area (Å²) in [7, 11) is 0. The Hall–Kier alpha value is -0.540. The summed E-state index contributed by atoms with van der Waals surface area (Å²) in [5.41, 5.74) is 6.50. The molecule has 0 aromatic carbocycles. The lowest BCUT2D eigenvalue weighted by Gasteiger charge is -2.15. The lowest BCUT2D eigenvalue weighted by molar-refractivity contribution is -0.126. The Kier molecular flexibility index (Phi) is 5.03. The smallest absolute Gasteiger partial charge is 0.249 e. The Bertz CT molecular complexity index is 216. The van der Waals surface area contributed by atoms with Crippen LogP contribution in [0.3, 0.4) is 0 Å². The molecule has 1 amide bonds. The van der Waals surface area contributed by atoms with E-state index in [0.29, 0.717) is 6.54 Å². The number of carbonyl (C=O) groups excluding carboxylic acids is 1. The van der Waals surface area contributed by atoms with Gasteiger partial charge in [-0.25, -0.2) is 0 Å². The zero-order valence-corrected chi connectivity index (χ0v) is 8.93. The van der Waals surface area contributed by atoms with E-state index in [4.69, 9.17) is 5.73 Å². The van der Waals surface area contributed by atoms with Gasteiger partial charge in [-0.15, -0.1) is 12.4 Å². The topological polar surface area (TPSA) is 46.3 Å². The van der Waals surface area contributed by atoms with Crippen molar-refractivity contribution in [3.8, 4) is 0 Å². The van der Waals surface area contributed by atoms with E-state index in [-0.39, 0.29) is 24.4 Å². The molecular formula is C9H17ClN2O. The van der Waals surface area contributed by atoms with E-state index >= 15 is 0 Å². The van der Waals surface area contributed by atoms with Crippen molar-refractivity contribution in [1.82, 2.24) is 4.90 Å². The van der Waals surface area contributed by atoms with Crippen LogP contribution in [-0.4, -0.2) is 29.9 Å². The molecule has 1 saturated heterocycles. The first-order valence-electron chi connectivity index (χ1n) is 4.33. The molecule has 3 nitrogen and oxygen atoms in total. The van der Waals surface area contributed by atoms with Gasteiger partial charge in [0.25, 0.3) is 0 Å². The average molecular weight is 205 g/mol. The molecule has 76 valence electrons. The molecule has 1 fully saturated rings. The largest absolute Gasteiger partial charge is 0.337 e. The Morgan fingerprint density at radius 3 is 2.62 bits per heavy atom. The van der Waals surface area contributed by atoms with Gasteiger partial charge in [-0.1, -0.05) is 6.08 Å². The maximum Gasteiger partial charge on any atom is 0.249 e. The van der Waals surface area contributed by atoms with Crippen LogP contribution in [0.5, 0.6) is 0 Å². The summed E-state index contributed by atoms with van der Waals surface area (Å²) in [5.74, 6) is 0.130. The molecular weight excluding hydrogens is 188 g/mol. The monoisotopic (exact) mass is 204 g/mol. The lowest BCUT2D eigenvalue weighted by atomic mass is 10.2. The molecule has 0 aromatic rings. The van der Waals surface area contributed by atoms with Crippen molar-refractivity contribution in [1.29, 1.82) is 0 Å². The van der Waals surface area contributed by atoms with E-state index in [0.717, 1.165) is 18.5 Å². The number of hydrogen-bond acceptors (Lipinski definition) is 2. The van der Waals surface area contributed by atoms with E-state index in [9.17, 15) is 4.79 Å². The van der Waals surface area contributed by atoms with Gasteiger partial charge in [-0.05, 0) is 20.3 Å². The first kappa shape index (κ1) is 12.5. The molecule has 4 heteroatoms. The van der Waals surface area contributed by atoms with Crippen LogP contribution in [0, 0.1) is 0 Å². The Balaban J connectivity index is 0.00000144. The number of nitrogens with two attached hydrogens (primary N) is 1. The van der Waals surface area contributed by atoms with Gasteiger partial charge in [0.15, 0.2) is 0 Å². The molecule has 0 spiro atoms. The molecule has 1 aliphatic heterocycles. The SMILES string of the molecule is C/C=C(/C)C(=O)N1CCC(N)C1.Cl. The van der Waals surface area contributed by atoms with Gasteiger partial charge in [0, 0.05) is 24.7 Å². The minimum absolute atomic E-state index is 0. The number of halogens is 1. The summed E-state index contributed by atoms with van der Waals surface area (Å²) in [6, 6.07) is 0.179. The Morgan fingerprint density at radius 1 is 1.62 bits per heavy atom. The van der Waals surface area contributed by atoms with Crippen molar-refractivity contribution in [2.75, 3.05) is 13.1 Å². The van der Waals surface area contributed by atoms with Crippen LogP contribution in [0.2, 0.25) is 0 Å². The van der Waals surface area contributed by atoms with E-state index in [1.54, 1.807) is 0 Å². The van der Waals surface area contributed by atoms with Gasteiger partial charge >= 0.3 is 0 Å². The normalized spacial score (nSPS) is 22.8. The fourth-order valence-corrected chi connectivity index (χ4v) is 1.34. The molecule has 0 aromatic heterocycles. The van der Waals surface area contributed by atoms with Crippen LogP contribution >= 0.6 is 12.4 Å². The zero-order chi connectivity index (χ0) is 9.14. The minimum Gasteiger partial charge on any atom is -0.337 e. The van der Waals surface area contributed by atoms with E-state index in [1.165, 1.54) is 0 Å². The van der Waals surface area contributed by atoms with Gasteiger partial charge in [-0.2, -0.15) is 0 Å². The molecule has 2 N–H and O–H groups in total. The van der Waals surface area contributed by atoms with E-state index in [1.807, 2.05) is 24.8 Å². The standard InChI is InChI=1S/C9H16N2O.ClH/c1-3-7(2)9(12)11-5-4-8(10)6-11;/h3,8H,4-6,10H2,1-2H3;1H/b7-3-;. The predicted molar refractivity (Wildman–Crippen MR) is 55.9 cm³/mol. The average Bonchev–Trinajstić information content (AvgIpc) is 2.49. The highest BCUT2D eigenvalue weighted by Crippen LogP contribution is 2.10. The van der Waals surface area contributed by atoms with Gasteiger partial charge < -0.3 is 10.6 Å². The van der Waals surface area contributed by atoms with Crippen molar-refractivity contribution in [2.24, 2.45) is 5.73 Å². The zero-order valence-electron chi connectivity index (χ0n) is 8.12. The molecule has 13 heavy (non-hydrogen) atoms. The van der Waals surface area contributed by atoms with E-state index in [2.05, 4.69) is 0 Å². The third kappa shape index (κ3) is 3.01. The number of carbonyl (C=O) groups is 1. The van der Waals surface area contributed by atoms with Crippen LogP contribution in [-0.2, 0) is 4.79 Å². The van der Waals surface area contributed by atoms with Crippen LogP contribution < -0.4 is 5.73 Å². The van der Waals surface area contributed by atoms with Crippen LogP contribution in [0.15, 0.2) is 11.6 Å². The van der Waals surface area contributed by atoms with Crippen molar-refractivity contribution in [2.45, 2.75) is 26.3 Å². The fourth-order valence-electron chi connectivity index (χ4n) is 1.34. The fraction of sp³-hybridized carbons (Fsp3) is 0.667. The molecule has 0 radical (unpaired) electrons. The molecule has 0 saturated carbocycles. The van der Waals surface area contributed by atoms with Crippen molar-refractivity contribution >= 4 is 18.3 Å². The van der Waals surface area contributed by atoms with Gasteiger partial charge in [0.1, 0.15) is 0 Å². The predicted octanol–water partition coefficient (Wildman–Crippen LogP) is 0.934. The third-order valence-corrected chi connectivity index (χ3v) is 2.28. The van der Waals surface area contributed by atoms with Crippen LogP contribution in [0.1, 0.15) is 20.3 Å². The molecule has 1 rings (SSSR count). The second-order valence-corrected chi connectivity index (χ2v) is 3.27. The number of nitrogens with zero attached hydrogens (tertiary/aromatic N) is 1. The molecule has 0 bridgehead atoms. The van der Waals surface area contributed by atoms with Gasteiger partial charge in [0.05, 0.1) is 0 Å². The quantitative estimate of drug-likeness (QED) is 0.647. The first-order chi connectivity index (χ1) is 5.65. The minimum atomic E-state index is 0. The summed E-state index contributed by atoms with van der Waals surface area (Å²) < 4.78 is 0. The van der Waals surface area contributed by atoms with Crippen molar-refractivity contribution in [3.63, 3.8) is 0 Å². The number of amides is 1. The second kappa shape index (κ2) is 5.25. The summed E-state index contributed by atoms with van der Waals surface area (Å²) in [6.45, 7) is 5.24. The maximum atomic E-state index is 11.5. The van der Waals surface area contributed by atoms with E-state index < -0.39 is 0 Å². The molecule has 1 atom stereocenters. The lowest BCUT2D eigenvalue weighted by Crippen LogP contribution is -2.32. The number of likely N-dealkylation sites (tertiary alicyclic amines) is 1. The van der Waals surface area contributed by atoms with Crippen LogP contribution in [0.25, 0.3) is 0 Å². The highest BCUT2D eigenvalue weighted by molar-refractivity contribution is 5.92. The highest BCUT2D eigenvalue weighted by Gasteiger charge is 2.23. The Labute approximate surface area is 85.4 Å². The summed E-state index contributed by atoms with van der Waals surface area (Å²) in [5, 5.41) is 0. The second-order valence-electron chi connectivity index (χ2n) is 3.27. The number of allylic oxidation sites excluding steroid dienone is 1. The van der Waals surface area contributed by atoms with Gasteiger partial charge in [0.2, 0.25) is 5.91 Å². The third-order valence-electron chi connectivity index (χ3n) is 2.28. The van der Waals surface area contributed by atoms with Gasteiger partial charge in [-0.3, -0.25) is 4.79 Å². The number of hydrogen-bond donors (Lipinski definition) is 1.